The second kappa shape index (κ2) is 6.35. The first-order valence-electron chi connectivity index (χ1n) is 7.40. The Morgan fingerprint density at radius 3 is 2.45 bits per heavy atom. The lowest BCUT2D eigenvalue weighted by Crippen LogP contribution is -2.47. The first kappa shape index (κ1) is 17.3. The number of carbonyl (C=O) groups excluding carboxylic acids is 2. The monoisotopic (exact) mass is 296 g/mol. The number of Topliss-reactive ketones (excluding diaryl/α,β-unsaturated/α-hetero) is 1. The molecule has 0 amide bonds. The van der Waals surface area contributed by atoms with Crippen molar-refractivity contribution < 1.29 is 14.0 Å². The lowest BCUT2D eigenvalue weighted by atomic mass is 9.81. The molecule has 20 heavy (non-hydrogen) atoms. The zero-order valence-corrected chi connectivity index (χ0v) is 14.7. The van der Waals surface area contributed by atoms with Crippen molar-refractivity contribution in [3.63, 3.8) is 0 Å². The normalized spacial score (nSPS) is 25.7. The molecule has 0 N–H and O–H groups in total. The molecule has 0 bridgehead atoms. The Morgan fingerprint density at radius 2 is 1.95 bits per heavy atom. The maximum Gasteiger partial charge on any atom is 0.192 e. The van der Waals surface area contributed by atoms with Gasteiger partial charge in [0.25, 0.3) is 0 Å². The average molecular weight is 296 g/mol. The molecule has 114 valence electrons. The summed E-state index contributed by atoms with van der Waals surface area (Å²) in [4.78, 5) is 22.4. The van der Waals surface area contributed by atoms with E-state index in [0.29, 0.717) is 12.8 Å². The zero-order chi connectivity index (χ0) is 15.6. The van der Waals surface area contributed by atoms with Crippen LogP contribution < -0.4 is 0 Å². The molecule has 1 aliphatic rings. The molecule has 0 heterocycles. The van der Waals surface area contributed by atoms with Gasteiger partial charge in [-0.2, -0.15) is 0 Å². The van der Waals surface area contributed by atoms with Crippen LogP contribution in [0.4, 0.5) is 0 Å². The van der Waals surface area contributed by atoms with Crippen LogP contribution in [-0.2, 0) is 14.0 Å². The quantitative estimate of drug-likeness (QED) is 0.449. The molecule has 1 aliphatic carbocycles. The van der Waals surface area contributed by atoms with Crippen LogP contribution in [0.15, 0.2) is 11.6 Å². The third kappa shape index (κ3) is 4.12. The zero-order valence-electron chi connectivity index (χ0n) is 13.7. The van der Waals surface area contributed by atoms with Gasteiger partial charge in [-0.3, -0.25) is 9.59 Å². The Kier molecular flexibility index (Phi) is 5.50. The smallest absolute Gasteiger partial charge is 0.192 e. The molecule has 4 heteroatoms. The van der Waals surface area contributed by atoms with Crippen LogP contribution in [0.2, 0.25) is 18.1 Å². The highest BCUT2D eigenvalue weighted by atomic mass is 28.4. The van der Waals surface area contributed by atoms with E-state index >= 15 is 0 Å². The van der Waals surface area contributed by atoms with Gasteiger partial charge in [0.1, 0.15) is 12.1 Å². The van der Waals surface area contributed by atoms with Crippen molar-refractivity contribution in [2.24, 2.45) is 5.92 Å². The second-order valence-electron chi connectivity index (χ2n) is 7.35. The minimum atomic E-state index is -1.85. The fourth-order valence-electron chi connectivity index (χ4n) is 2.36. The molecule has 2 atom stereocenters. The Morgan fingerprint density at radius 1 is 1.35 bits per heavy atom. The fourth-order valence-corrected chi connectivity index (χ4v) is 3.76. The van der Waals surface area contributed by atoms with Gasteiger partial charge in [-0.05, 0) is 37.6 Å². The van der Waals surface area contributed by atoms with E-state index in [2.05, 4.69) is 33.9 Å². The summed E-state index contributed by atoms with van der Waals surface area (Å²) in [5, 5.41) is 0.154. The van der Waals surface area contributed by atoms with E-state index in [-0.39, 0.29) is 22.8 Å². The molecule has 0 saturated heterocycles. The van der Waals surface area contributed by atoms with Gasteiger partial charge < -0.3 is 4.43 Å². The first-order valence-corrected chi connectivity index (χ1v) is 10.3. The number of ketones is 1. The number of hydrogen-bond acceptors (Lipinski definition) is 3. The van der Waals surface area contributed by atoms with Crippen LogP contribution >= 0.6 is 0 Å². The minimum Gasteiger partial charge on any atom is -0.413 e. The average Bonchev–Trinajstić information content (AvgIpc) is 2.30. The van der Waals surface area contributed by atoms with Crippen LogP contribution in [-0.4, -0.2) is 26.5 Å². The Balaban J connectivity index is 2.93. The Bertz CT molecular complexity index is 404. The van der Waals surface area contributed by atoms with Crippen molar-refractivity contribution in [3.05, 3.63) is 11.6 Å². The molecule has 0 aromatic rings. The van der Waals surface area contributed by atoms with Crippen LogP contribution in [0.25, 0.3) is 0 Å². The van der Waals surface area contributed by atoms with Crippen LogP contribution in [0.3, 0.4) is 0 Å². The number of aldehydes is 1. The summed E-state index contributed by atoms with van der Waals surface area (Å²) in [6.07, 6.45) is 4.34. The first-order chi connectivity index (χ1) is 9.08. The topological polar surface area (TPSA) is 43.4 Å². The van der Waals surface area contributed by atoms with Gasteiger partial charge in [0.15, 0.2) is 8.32 Å². The van der Waals surface area contributed by atoms with Gasteiger partial charge in [-0.25, -0.2) is 0 Å². The largest absolute Gasteiger partial charge is 0.413 e. The fraction of sp³-hybridized carbons (Fsp3) is 0.750. The summed E-state index contributed by atoms with van der Waals surface area (Å²) >= 11 is 0. The predicted molar refractivity (Wildman–Crippen MR) is 84.2 cm³/mol. The van der Waals surface area contributed by atoms with Gasteiger partial charge >= 0.3 is 0 Å². The van der Waals surface area contributed by atoms with E-state index in [1.165, 1.54) is 0 Å². The van der Waals surface area contributed by atoms with Crippen molar-refractivity contribution in [3.8, 4) is 0 Å². The number of carbonyl (C=O) groups is 2. The van der Waals surface area contributed by atoms with Gasteiger partial charge in [0, 0.05) is 18.8 Å². The number of rotatable bonds is 4. The molecule has 1 rings (SSSR count). The highest BCUT2D eigenvalue weighted by Gasteiger charge is 2.42. The van der Waals surface area contributed by atoms with Crippen molar-refractivity contribution in [1.82, 2.24) is 0 Å². The van der Waals surface area contributed by atoms with Gasteiger partial charge in [0.2, 0.25) is 0 Å². The van der Waals surface area contributed by atoms with Crippen LogP contribution in [0.5, 0.6) is 0 Å². The van der Waals surface area contributed by atoms with E-state index < -0.39 is 8.32 Å². The van der Waals surface area contributed by atoms with Crippen molar-refractivity contribution >= 4 is 20.4 Å². The summed E-state index contributed by atoms with van der Waals surface area (Å²) in [6.45, 7) is 13.1. The molecule has 0 aliphatic heterocycles. The SMILES string of the molecule is CC(=CC=O)C1CC(=O)CCC1O[Si](C)(C)C(C)(C)C. The molecule has 0 radical (unpaired) electrons. The summed E-state index contributed by atoms with van der Waals surface area (Å²) in [5.74, 6) is 0.347. The molecule has 0 spiro atoms. The Hall–Kier alpha value is -0.743. The molecule has 2 unspecified atom stereocenters. The van der Waals surface area contributed by atoms with E-state index in [1.54, 1.807) is 6.08 Å². The third-order valence-corrected chi connectivity index (χ3v) is 9.28. The van der Waals surface area contributed by atoms with Gasteiger partial charge in [-0.15, -0.1) is 0 Å². The molecule has 0 aromatic heterocycles. The maximum atomic E-state index is 11.7. The molecular formula is C16H28O3Si. The van der Waals surface area contributed by atoms with E-state index in [9.17, 15) is 9.59 Å². The van der Waals surface area contributed by atoms with Gasteiger partial charge in [-0.1, -0.05) is 26.3 Å². The van der Waals surface area contributed by atoms with Crippen molar-refractivity contribution in [2.45, 2.75) is 71.2 Å². The summed E-state index contributed by atoms with van der Waals surface area (Å²) in [5.41, 5.74) is 0.969. The van der Waals surface area contributed by atoms with Crippen LogP contribution in [0.1, 0.15) is 47.0 Å². The molecule has 3 nitrogen and oxygen atoms in total. The number of allylic oxidation sites excluding steroid dienone is 1. The highest BCUT2D eigenvalue weighted by molar-refractivity contribution is 6.74. The van der Waals surface area contributed by atoms with Crippen LogP contribution in [0, 0.1) is 5.92 Å². The third-order valence-electron chi connectivity index (χ3n) is 4.77. The van der Waals surface area contributed by atoms with E-state index in [4.69, 9.17) is 4.43 Å². The standard InChI is InChI=1S/C16H28O3Si/c1-12(9-10-17)14-11-13(18)7-8-15(14)19-20(5,6)16(2,3)4/h9-10,14-15H,7-8,11H2,1-6H3. The van der Waals surface area contributed by atoms with Crippen molar-refractivity contribution in [1.29, 1.82) is 0 Å². The molecular weight excluding hydrogens is 268 g/mol. The predicted octanol–water partition coefficient (Wildman–Crippen LogP) is 3.89. The van der Waals surface area contributed by atoms with E-state index in [1.807, 2.05) is 6.92 Å². The minimum absolute atomic E-state index is 0.0653. The van der Waals surface area contributed by atoms with E-state index in [0.717, 1.165) is 18.3 Å². The lowest BCUT2D eigenvalue weighted by molar-refractivity contribution is -0.123. The second-order valence-corrected chi connectivity index (χ2v) is 12.1. The van der Waals surface area contributed by atoms with Crippen molar-refractivity contribution in [2.75, 3.05) is 0 Å². The Labute approximate surface area is 123 Å². The molecule has 1 fully saturated rings. The maximum absolute atomic E-state index is 11.7. The summed E-state index contributed by atoms with van der Waals surface area (Å²) in [6, 6.07) is 0. The summed E-state index contributed by atoms with van der Waals surface area (Å²) in [7, 11) is -1.85. The molecule has 0 aromatic carbocycles. The molecule has 1 saturated carbocycles. The highest BCUT2D eigenvalue weighted by Crippen LogP contribution is 2.41. The summed E-state index contributed by atoms with van der Waals surface area (Å²) < 4.78 is 6.50. The van der Waals surface area contributed by atoms with Gasteiger partial charge in [0.05, 0.1) is 6.10 Å². The number of hydrogen-bond donors (Lipinski definition) is 0. The lowest BCUT2D eigenvalue weighted by Gasteiger charge is -2.43.